The molecule has 98 valence electrons. The predicted molar refractivity (Wildman–Crippen MR) is 63.7 cm³/mol. The van der Waals surface area contributed by atoms with Gasteiger partial charge in [-0.3, -0.25) is 10.1 Å². The third-order valence-electron chi connectivity index (χ3n) is 2.31. The van der Waals surface area contributed by atoms with E-state index in [-0.39, 0.29) is 11.5 Å². The number of rotatable bonds is 4. The molecular formula is C11H9FN4O3. The van der Waals surface area contributed by atoms with E-state index in [0.717, 1.165) is 12.1 Å². The van der Waals surface area contributed by atoms with Crippen molar-refractivity contribution in [2.45, 2.75) is 6.23 Å². The molecule has 1 heterocycles. The van der Waals surface area contributed by atoms with Gasteiger partial charge >= 0.3 is 5.69 Å². The highest BCUT2D eigenvalue weighted by molar-refractivity contribution is 5.39. The Balaban J connectivity index is 2.22. The van der Waals surface area contributed by atoms with E-state index >= 15 is 0 Å². The van der Waals surface area contributed by atoms with Crippen LogP contribution < -0.4 is 5.32 Å². The quantitative estimate of drug-likeness (QED) is 0.494. The number of nitro groups is 1. The van der Waals surface area contributed by atoms with Crippen LogP contribution in [-0.2, 0) is 0 Å². The van der Waals surface area contributed by atoms with Crippen molar-refractivity contribution in [1.82, 2.24) is 9.97 Å². The van der Waals surface area contributed by atoms with E-state index in [2.05, 4.69) is 15.3 Å². The predicted octanol–water partition coefficient (Wildman–Crippen LogP) is 1.63. The van der Waals surface area contributed by atoms with Gasteiger partial charge in [-0.25, -0.2) is 9.97 Å². The first-order valence-electron chi connectivity index (χ1n) is 5.23. The molecule has 0 saturated heterocycles. The van der Waals surface area contributed by atoms with Crippen molar-refractivity contribution in [3.63, 3.8) is 0 Å². The van der Waals surface area contributed by atoms with Crippen molar-refractivity contribution in [1.29, 1.82) is 0 Å². The second kappa shape index (κ2) is 5.36. The Morgan fingerprint density at radius 1 is 1.37 bits per heavy atom. The average molecular weight is 264 g/mol. The molecule has 0 spiro atoms. The molecule has 8 heteroatoms. The molecule has 0 aliphatic carbocycles. The molecule has 0 amide bonds. The zero-order valence-corrected chi connectivity index (χ0v) is 9.52. The minimum Gasteiger partial charge on any atom is -0.369 e. The summed E-state index contributed by atoms with van der Waals surface area (Å²) < 4.78 is 13.1. The Hall–Kier alpha value is -2.61. The van der Waals surface area contributed by atoms with Gasteiger partial charge in [0, 0.05) is 24.0 Å². The number of nitro benzene ring substituents is 1. The Morgan fingerprint density at radius 3 is 2.68 bits per heavy atom. The van der Waals surface area contributed by atoms with Crippen LogP contribution in [0.15, 0.2) is 36.7 Å². The van der Waals surface area contributed by atoms with E-state index in [1.807, 2.05) is 0 Å². The van der Waals surface area contributed by atoms with Gasteiger partial charge in [0.25, 0.3) is 0 Å². The van der Waals surface area contributed by atoms with Gasteiger partial charge in [0.05, 0.1) is 4.92 Å². The van der Waals surface area contributed by atoms with Gasteiger partial charge < -0.3 is 10.4 Å². The van der Waals surface area contributed by atoms with Crippen molar-refractivity contribution < 1.29 is 14.4 Å². The van der Waals surface area contributed by atoms with Crippen molar-refractivity contribution in [2.75, 3.05) is 5.32 Å². The lowest BCUT2D eigenvalue weighted by molar-refractivity contribution is -0.387. The number of aliphatic hydroxyl groups excluding tert-OH is 1. The second-order valence-electron chi connectivity index (χ2n) is 3.59. The first-order valence-corrected chi connectivity index (χ1v) is 5.23. The molecule has 1 aromatic heterocycles. The Labute approximate surface area is 106 Å². The van der Waals surface area contributed by atoms with Crippen LogP contribution in [0, 0.1) is 15.9 Å². The molecule has 2 rings (SSSR count). The number of nitrogens with zero attached hydrogens (tertiary/aromatic N) is 3. The van der Waals surface area contributed by atoms with Crippen LogP contribution in [0.1, 0.15) is 11.8 Å². The summed E-state index contributed by atoms with van der Waals surface area (Å²) in [6, 6.07) is 4.71. The number of nitrogens with one attached hydrogen (secondary N) is 1. The maximum Gasteiger partial charge on any atom is 0.305 e. The molecule has 0 fully saturated rings. The summed E-state index contributed by atoms with van der Waals surface area (Å²) in [5.74, 6) is -0.807. The molecule has 2 N–H and O–H groups in total. The highest BCUT2D eigenvalue weighted by Gasteiger charge is 2.18. The Kier molecular flexibility index (Phi) is 3.62. The van der Waals surface area contributed by atoms with Gasteiger partial charge in [-0.15, -0.1) is 0 Å². The molecule has 0 saturated carbocycles. The molecule has 19 heavy (non-hydrogen) atoms. The zero-order chi connectivity index (χ0) is 13.8. The summed E-state index contributed by atoms with van der Waals surface area (Å²) in [5, 5.41) is 23.0. The Morgan fingerprint density at radius 2 is 2.05 bits per heavy atom. The van der Waals surface area contributed by atoms with Crippen molar-refractivity contribution >= 4 is 11.6 Å². The molecular weight excluding hydrogens is 255 g/mol. The summed E-state index contributed by atoms with van der Waals surface area (Å²) in [4.78, 5) is 17.4. The maximum atomic E-state index is 13.1. The van der Waals surface area contributed by atoms with Crippen molar-refractivity contribution in [3.8, 4) is 0 Å². The first-order chi connectivity index (χ1) is 9.08. The molecule has 0 radical (unpaired) electrons. The van der Waals surface area contributed by atoms with Crippen LogP contribution in [0.4, 0.5) is 16.0 Å². The van der Waals surface area contributed by atoms with E-state index in [4.69, 9.17) is 0 Å². The molecule has 7 nitrogen and oxygen atoms in total. The number of aromatic nitrogens is 2. The number of aliphatic hydroxyl groups is 1. The molecule has 1 aromatic carbocycles. The fraction of sp³-hybridized carbons (Fsp3) is 0.0909. The molecule has 1 atom stereocenters. The largest absolute Gasteiger partial charge is 0.369 e. The first kappa shape index (κ1) is 12.8. The van der Waals surface area contributed by atoms with E-state index in [1.165, 1.54) is 18.5 Å². The third kappa shape index (κ3) is 2.99. The fourth-order valence-corrected chi connectivity index (χ4v) is 1.42. The van der Waals surface area contributed by atoms with Gasteiger partial charge in [-0.1, -0.05) is 6.07 Å². The summed E-state index contributed by atoms with van der Waals surface area (Å²) in [7, 11) is 0. The molecule has 0 aliphatic heterocycles. The number of hydrogen-bond donors (Lipinski definition) is 2. The van der Waals surface area contributed by atoms with E-state index < -0.39 is 22.7 Å². The van der Waals surface area contributed by atoms with Gasteiger partial charge in [0.15, 0.2) is 6.23 Å². The number of anilines is 1. The molecule has 0 bridgehead atoms. The van der Waals surface area contributed by atoms with Gasteiger partial charge in [-0.05, 0) is 12.1 Å². The molecule has 1 unspecified atom stereocenters. The molecule has 0 aliphatic rings. The standard InChI is InChI=1S/C11H9FN4O3/c12-8-3-2-7(6-9(8)16(18)19)10(17)15-11-13-4-1-5-14-11/h1-6,10,17H,(H,13,14,15). The smallest absolute Gasteiger partial charge is 0.305 e. The molecule has 2 aromatic rings. The lowest BCUT2D eigenvalue weighted by Crippen LogP contribution is -2.12. The van der Waals surface area contributed by atoms with E-state index in [1.54, 1.807) is 6.07 Å². The topological polar surface area (TPSA) is 101 Å². The van der Waals surface area contributed by atoms with E-state index in [9.17, 15) is 19.6 Å². The van der Waals surface area contributed by atoms with Gasteiger partial charge in [0.2, 0.25) is 11.8 Å². The summed E-state index contributed by atoms with van der Waals surface area (Å²) in [5.41, 5.74) is -0.562. The monoisotopic (exact) mass is 264 g/mol. The summed E-state index contributed by atoms with van der Waals surface area (Å²) in [6.45, 7) is 0. The zero-order valence-electron chi connectivity index (χ0n) is 9.52. The lowest BCUT2D eigenvalue weighted by atomic mass is 10.1. The normalized spacial score (nSPS) is 11.9. The fourth-order valence-electron chi connectivity index (χ4n) is 1.42. The summed E-state index contributed by atoms with van der Waals surface area (Å²) in [6.07, 6.45) is 1.66. The van der Waals surface area contributed by atoms with Gasteiger partial charge in [-0.2, -0.15) is 4.39 Å². The summed E-state index contributed by atoms with van der Waals surface area (Å²) >= 11 is 0. The Bertz CT molecular complexity index is 594. The van der Waals surface area contributed by atoms with Crippen LogP contribution in [0.3, 0.4) is 0 Å². The second-order valence-corrected chi connectivity index (χ2v) is 3.59. The average Bonchev–Trinajstić information content (AvgIpc) is 2.40. The minimum atomic E-state index is -1.28. The van der Waals surface area contributed by atoms with Crippen LogP contribution in [0.2, 0.25) is 0 Å². The highest BCUT2D eigenvalue weighted by Crippen LogP contribution is 2.23. The van der Waals surface area contributed by atoms with Crippen LogP contribution >= 0.6 is 0 Å². The van der Waals surface area contributed by atoms with Gasteiger partial charge in [0.1, 0.15) is 0 Å². The SMILES string of the molecule is O=[N+]([O-])c1cc(C(O)Nc2ncccn2)ccc1F. The van der Waals surface area contributed by atoms with Crippen molar-refractivity contribution in [2.24, 2.45) is 0 Å². The number of hydrogen-bond acceptors (Lipinski definition) is 6. The van der Waals surface area contributed by atoms with Crippen molar-refractivity contribution in [3.05, 3.63) is 58.2 Å². The number of halogens is 1. The third-order valence-corrected chi connectivity index (χ3v) is 2.31. The maximum absolute atomic E-state index is 13.1. The number of benzene rings is 1. The highest BCUT2D eigenvalue weighted by atomic mass is 19.1. The van der Waals surface area contributed by atoms with E-state index in [0.29, 0.717) is 0 Å². The van der Waals surface area contributed by atoms with Crippen LogP contribution in [-0.4, -0.2) is 20.0 Å². The van der Waals surface area contributed by atoms with Crippen LogP contribution in [0.25, 0.3) is 0 Å². The minimum absolute atomic E-state index is 0.139. The lowest BCUT2D eigenvalue weighted by Gasteiger charge is -2.12. The van der Waals surface area contributed by atoms with Crippen LogP contribution in [0.5, 0.6) is 0 Å².